The minimum atomic E-state index is -0.828. The lowest BCUT2D eigenvalue weighted by Crippen LogP contribution is -2.54. The van der Waals surface area contributed by atoms with Gasteiger partial charge in [-0.25, -0.2) is 14.5 Å². The van der Waals surface area contributed by atoms with E-state index in [-0.39, 0.29) is 5.57 Å². The standard InChI is InChI=1S/C24H20N4O5/c1-14-12-16(15(2)27(14)20-7-5-4-6-18(20)23(31)33-3)13-19-21(29)26-24(32)28(22(19)30)17-8-10-25-11-9-17/h4-13H,1-3H3,(H,26,29,32)/b19-13+. The first-order valence-electron chi connectivity index (χ1n) is 10.0. The predicted molar refractivity (Wildman–Crippen MR) is 120 cm³/mol. The number of esters is 1. The maximum absolute atomic E-state index is 13.1. The SMILES string of the molecule is COC(=O)c1ccccc1-n1c(C)cc(/C=C2\C(=O)NC(=O)N(c3ccncc3)C2=O)c1C. The van der Waals surface area contributed by atoms with Gasteiger partial charge in [-0.3, -0.25) is 19.9 Å². The molecule has 2 aromatic heterocycles. The highest BCUT2D eigenvalue weighted by molar-refractivity contribution is 6.39. The number of barbiturate groups is 1. The molecule has 9 heteroatoms. The lowest BCUT2D eigenvalue weighted by molar-refractivity contribution is -0.122. The predicted octanol–water partition coefficient (Wildman–Crippen LogP) is 2.94. The maximum Gasteiger partial charge on any atom is 0.339 e. The van der Waals surface area contributed by atoms with Crippen LogP contribution in [0.3, 0.4) is 0 Å². The fourth-order valence-electron chi connectivity index (χ4n) is 3.80. The number of methoxy groups -OCH3 is 1. The lowest BCUT2D eigenvalue weighted by atomic mass is 10.1. The van der Waals surface area contributed by atoms with Gasteiger partial charge in [0.15, 0.2) is 0 Å². The molecule has 1 aliphatic heterocycles. The molecule has 4 amide bonds. The van der Waals surface area contributed by atoms with Crippen LogP contribution in [-0.2, 0) is 14.3 Å². The minimum Gasteiger partial charge on any atom is -0.465 e. The van der Waals surface area contributed by atoms with Crippen molar-refractivity contribution in [2.45, 2.75) is 13.8 Å². The molecule has 4 rings (SSSR count). The molecule has 1 aromatic carbocycles. The second-order valence-electron chi connectivity index (χ2n) is 7.33. The van der Waals surface area contributed by atoms with Gasteiger partial charge in [0.2, 0.25) is 0 Å². The Morgan fingerprint density at radius 2 is 1.76 bits per heavy atom. The van der Waals surface area contributed by atoms with E-state index in [4.69, 9.17) is 4.74 Å². The summed E-state index contributed by atoms with van der Waals surface area (Å²) in [7, 11) is 1.31. The first-order valence-corrected chi connectivity index (χ1v) is 10.0. The van der Waals surface area contributed by atoms with Crippen LogP contribution < -0.4 is 10.2 Å². The summed E-state index contributed by atoms with van der Waals surface area (Å²) >= 11 is 0. The molecule has 166 valence electrons. The molecule has 0 saturated carbocycles. The molecule has 0 unspecified atom stereocenters. The van der Waals surface area contributed by atoms with Gasteiger partial charge in [0, 0.05) is 23.8 Å². The fraction of sp³-hybridized carbons (Fsp3) is 0.125. The minimum absolute atomic E-state index is 0.187. The summed E-state index contributed by atoms with van der Waals surface area (Å²) in [5.74, 6) is -2.00. The molecule has 0 spiro atoms. The average Bonchev–Trinajstić information content (AvgIpc) is 3.09. The third-order valence-electron chi connectivity index (χ3n) is 5.34. The number of nitrogens with one attached hydrogen (secondary N) is 1. The number of ether oxygens (including phenoxy) is 1. The Kier molecular flexibility index (Phi) is 5.61. The van der Waals surface area contributed by atoms with Crippen molar-refractivity contribution in [3.63, 3.8) is 0 Å². The number of hydrogen-bond acceptors (Lipinski definition) is 6. The van der Waals surface area contributed by atoms with Crippen molar-refractivity contribution in [2.24, 2.45) is 0 Å². The van der Waals surface area contributed by atoms with Crippen LogP contribution in [0.15, 0.2) is 60.4 Å². The highest BCUT2D eigenvalue weighted by Gasteiger charge is 2.37. The zero-order valence-corrected chi connectivity index (χ0v) is 18.2. The molecule has 1 N–H and O–H groups in total. The van der Waals surface area contributed by atoms with Crippen LogP contribution in [0.1, 0.15) is 27.3 Å². The molecule has 0 bridgehead atoms. The van der Waals surface area contributed by atoms with Gasteiger partial charge in [-0.15, -0.1) is 0 Å². The Morgan fingerprint density at radius 1 is 1.06 bits per heavy atom. The average molecular weight is 444 g/mol. The molecule has 3 heterocycles. The zero-order chi connectivity index (χ0) is 23.7. The number of nitrogens with zero attached hydrogens (tertiary/aromatic N) is 3. The molecule has 0 atom stereocenters. The summed E-state index contributed by atoms with van der Waals surface area (Å²) in [4.78, 5) is 55.0. The zero-order valence-electron chi connectivity index (χ0n) is 18.2. The van der Waals surface area contributed by atoms with Gasteiger partial charge in [-0.2, -0.15) is 0 Å². The van der Waals surface area contributed by atoms with E-state index in [0.717, 1.165) is 10.6 Å². The molecular weight excluding hydrogens is 424 g/mol. The van der Waals surface area contributed by atoms with Crippen LogP contribution in [0.25, 0.3) is 11.8 Å². The third kappa shape index (κ3) is 3.80. The largest absolute Gasteiger partial charge is 0.465 e. The van der Waals surface area contributed by atoms with Crippen molar-refractivity contribution in [3.8, 4) is 5.69 Å². The molecule has 0 radical (unpaired) electrons. The van der Waals surface area contributed by atoms with Crippen LogP contribution in [0.5, 0.6) is 0 Å². The summed E-state index contributed by atoms with van der Waals surface area (Å²) < 4.78 is 6.74. The number of pyridine rings is 1. The van der Waals surface area contributed by atoms with E-state index in [1.807, 2.05) is 18.4 Å². The summed E-state index contributed by atoms with van der Waals surface area (Å²) in [6, 6.07) is 11.0. The number of hydrogen-bond donors (Lipinski definition) is 1. The molecule has 1 fully saturated rings. The molecule has 1 saturated heterocycles. The first-order chi connectivity index (χ1) is 15.8. The van der Waals surface area contributed by atoms with Gasteiger partial charge in [0.1, 0.15) is 5.57 Å². The number of carbonyl (C=O) groups is 4. The van der Waals surface area contributed by atoms with E-state index in [2.05, 4.69) is 10.3 Å². The van der Waals surface area contributed by atoms with Crippen LogP contribution in [0.2, 0.25) is 0 Å². The highest BCUT2D eigenvalue weighted by atomic mass is 16.5. The summed E-state index contributed by atoms with van der Waals surface area (Å²) in [6.45, 7) is 3.66. The maximum atomic E-state index is 13.1. The lowest BCUT2D eigenvalue weighted by Gasteiger charge is -2.26. The normalized spacial score (nSPS) is 15.1. The van der Waals surface area contributed by atoms with E-state index < -0.39 is 23.8 Å². The third-order valence-corrected chi connectivity index (χ3v) is 5.34. The Bertz CT molecular complexity index is 1320. The smallest absolute Gasteiger partial charge is 0.339 e. The Labute approximate surface area is 189 Å². The number of benzene rings is 1. The van der Waals surface area contributed by atoms with Crippen LogP contribution >= 0.6 is 0 Å². The topological polar surface area (TPSA) is 111 Å². The van der Waals surface area contributed by atoms with Crippen molar-refractivity contribution in [3.05, 3.63) is 82.9 Å². The van der Waals surface area contributed by atoms with Crippen molar-refractivity contribution < 1.29 is 23.9 Å². The summed E-state index contributed by atoms with van der Waals surface area (Å²) in [5, 5.41) is 2.20. The van der Waals surface area contributed by atoms with Crippen molar-refractivity contribution in [1.29, 1.82) is 0 Å². The Hall–Kier alpha value is -4.53. The number of aromatic nitrogens is 2. The summed E-state index contributed by atoms with van der Waals surface area (Å²) in [5.41, 5.74) is 3.16. The molecular formula is C24H20N4O5. The van der Waals surface area contributed by atoms with E-state index in [1.165, 1.54) is 37.7 Å². The van der Waals surface area contributed by atoms with Gasteiger partial charge >= 0.3 is 12.0 Å². The monoisotopic (exact) mass is 444 g/mol. The van der Waals surface area contributed by atoms with Gasteiger partial charge in [-0.05, 0) is 55.8 Å². The number of para-hydroxylation sites is 1. The second kappa shape index (κ2) is 8.54. The van der Waals surface area contributed by atoms with Crippen LogP contribution in [-0.4, -0.2) is 40.5 Å². The van der Waals surface area contributed by atoms with Gasteiger partial charge in [0.25, 0.3) is 11.8 Å². The molecule has 9 nitrogen and oxygen atoms in total. The number of carbonyl (C=O) groups excluding carboxylic acids is 4. The Morgan fingerprint density at radius 3 is 2.45 bits per heavy atom. The van der Waals surface area contributed by atoms with E-state index in [1.54, 1.807) is 30.3 Å². The molecule has 33 heavy (non-hydrogen) atoms. The number of anilines is 1. The van der Waals surface area contributed by atoms with Crippen molar-refractivity contribution in [2.75, 3.05) is 12.0 Å². The fourth-order valence-corrected chi connectivity index (χ4v) is 3.80. The second-order valence-corrected chi connectivity index (χ2v) is 7.33. The van der Waals surface area contributed by atoms with Crippen LogP contribution in [0, 0.1) is 13.8 Å². The first kappa shape index (κ1) is 21.7. The van der Waals surface area contributed by atoms with Crippen LogP contribution in [0.4, 0.5) is 10.5 Å². The summed E-state index contributed by atoms with van der Waals surface area (Å²) in [6.07, 6.45) is 4.34. The van der Waals surface area contributed by atoms with E-state index in [9.17, 15) is 19.2 Å². The van der Waals surface area contributed by atoms with Gasteiger partial charge in [0.05, 0.1) is 24.0 Å². The molecule has 1 aliphatic rings. The van der Waals surface area contributed by atoms with E-state index in [0.29, 0.717) is 28.2 Å². The number of aryl methyl sites for hydroxylation is 1. The highest BCUT2D eigenvalue weighted by Crippen LogP contribution is 2.27. The van der Waals surface area contributed by atoms with Crippen molar-refractivity contribution >= 4 is 35.6 Å². The van der Waals surface area contributed by atoms with Gasteiger partial charge in [-0.1, -0.05) is 12.1 Å². The quantitative estimate of drug-likeness (QED) is 0.376. The molecule has 0 aliphatic carbocycles. The number of imide groups is 2. The van der Waals surface area contributed by atoms with E-state index >= 15 is 0 Å². The number of amides is 4. The molecule has 3 aromatic rings. The van der Waals surface area contributed by atoms with Crippen molar-refractivity contribution in [1.82, 2.24) is 14.9 Å². The van der Waals surface area contributed by atoms with Gasteiger partial charge < -0.3 is 9.30 Å². The number of urea groups is 1. The number of rotatable bonds is 4. The Balaban J connectivity index is 1.80.